The first-order valence-electron chi connectivity index (χ1n) is 6.67. The lowest BCUT2D eigenvalue weighted by Crippen LogP contribution is -2.20. The average Bonchev–Trinajstić information content (AvgIpc) is 2.47. The van der Waals surface area contributed by atoms with Crippen molar-refractivity contribution in [3.63, 3.8) is 0 Å². The van der Waals surface area contributed by atoms with Crippen LogP contribution in [0.15, 0.2) is 48.8 Å². The van der Waals surface area contributed by atoms with Crippen LogP contribution in [0.2, 0.25) is 0 Å². The van der Waals surface area contributed by atoms with E-state index in [4.69, 9.17) is 5.73 Å². The Bertz CT molecular complexity index is 510. The van der Waals surface area contributed by atoms with Gasteiger partial charge < -0.3 is 10.6 Å². The van der Waals surface area contributed by atoms with Gasteiger partial charge in [-0.1, -0.05) is 31.2 Å². The lowest BCUT2D eigenvalue weighted by Gasteiger charge is -2.24. The van der Waals surface area contributed by atoms with Crippen LogP contribution in [-0.2, 0) is 6.54 Å². The van der Waals surface area contributed by atoms with Crippen LogP contribution in [0.3, 0.4) is 0 Å². The van der Waals surface area contributed by atoms with Crippen molar-refractivity contribution < 1.29 is 0 Å². The van der Waals surface area contributed by atoms with Gasteiger partial charge in [-0.2, -0.15) is 0 Å². The van der Waals surface area contributed by atoms with Crippen molar-refractivity contribution in [2.45, 2.75) is 25.9 Å². The lowest BCUT2D eigenvalue weighted by molar-refractivity contribution is 0.694. The Morgan fingerprint density at radius 1 is 1.21 bits per heavy atom. The molecule has 19 heavy (non-hydrogen) atoms. The van der Waals surface area contributed by atoms with Crippen LogP contribution in [0.4, 0.5) is 5.69 Å². The van der Waals surface area contributed by atoms with Gasteiger partial charge in [-0.25, -0.2) is 0 Å². The first kappa shape index (κ1) is 13.6. The normalized spacial score (nSPS) is 12.2. The highest BCUT2D eigenvalue weighted by Gasteiger charge is 2.12. The van der Waals surface area contributed by atoms with Gasteiger partial charge in [0.1, 0.15) is 0 Å². The molecule has 0 saturated heterocycles. The summed E-state index contributed by atoms with van der Waals surface area (Å²) in [5.41, 5.74) is 9.79. The van der Waals surface area contributed by atoms with Gasteiger partial charge in [0.25, 0.3) is 0 Å². The number of nitrogens with zero attached hydrogens (tertiary/aromatic N) is 2. The largest absolute Gasteiger partial charge is 0.370 e. The number of anilines is 1. The fourth-order valence-corrected chi connectivity index (χ4v) is 2.22. The molecule has 100 valence electrons. The molecule has 0 amide bonds. The maximum atomic E-state index is 6.19. The van der Waals surface area contributed by atoms with Crippen LogP contribution in [-0.4, -0.2) is 12.0 Å². The van der Waals surface area contributed by atoms with Crippen molar-refractivity contribution in [1.29, 1.82) is 0 Å². The van der Waals surface area contributed by atoms with E-state index < -0.39 is 0 Å². The van der Waals surface area contributed by atoms with Crippen LogP contribution >= 0.6 is 0 Å². The summed E-state index contributed by atoms with van der Waals surface area (Å²) in [6.45, 7) is 2.95. The second-order valence-corrected chi connectivity index (χ2v) is 4.79. The summed E-state index contributed by atoms with van der Waals surface area (Å²) in [5.74, 6) is 0. The maximum absolute atomic E-state index is 6.19. The fraction of sp³-hybridized carbons (Fsp3) is 0.312. The molecule has 2 rings (SSSR count). The molecule has 0 saturated carbocycles. The molecule has 1 atom stereocenters. The minimum atomic E-state index is 0.0903. The molecule has 0 aliphatic heterocycles. The van der Waals surface area contributed by atoms with Gasteiger partial charge in [0.05, 0.1) is 0 Å². The molecule has 0 unspecified atom stereocenters. The van der Waals surface area contributed by atoms with E-state index in [-0.39, 0.29) is 6.04 Å². The SMILES string of the molecule is CC[C@@H](N)c1ccccc1N(C)Cc1cccnc1. The third-order valence-corrected chi connectivity index (χ3v) is 3.33. The van der Waals surface area contributed by atoms with Gasteiger partial charge in [0.15, 0.2) is 0 Å². The minimum Gasteiger partial charge on any atom is -0.370 e. The van der Waals surface area contributed by atoms with Gasteiger partial charge in [-0.15, -0.1) is 0 Å². The Morgan fingerprint density at radius 2 is 2.00 bits per heavy atom. The van der Waals surface area contributed by atoms with Crippen molar-refractivity contribution in [2.75, 3.05) is 11.9 Å². The van der Waals surface area contributed by atoms with Crippen molar-refractivity contribution in [1.82, 2.24) is 4.98 Å². The van der Waals surface area contributed by atoms with E-state index in [2.05, 4.69) is 48.1 Å². The number of aromatic nitrogens is 1. The molecule has 0 aliphatic carbocycles. The zero-order chi connectivity index (χ0) is 13.7. The highest BCUT2D eigenvalue weighted by atomic mass is 15.1. The number of para-hydroxylation sites is 1. The monoisotopic (exact) mass is 255 g/mol. The number of pyridine rings is 1. The molecule has 1 heterocycles. The zero-order valence-electron chi connectivity index (χ0n) is 11.6. The van der Waals surface area contributed by atoms with Gasteiger partial charge >= 0.3 is 0 Å². The number of benzene rings is 1. The predicted molar refractivity (Wildman–Crippen MR) is 80.0 cm³/mol. The van der Waals surface area contributed by atoms with Gasteiger partial charge in [-0.3, -0.25) is 4.98 Å². The summed E-state index contributed by atoms with van der Waals surface area (Å²) in [7, 11) is 2.09. The molecule has 1 aromatic heterocycles. The summed E-state index contributed by atoms with van der Waals surface area (Å²) >= 11 is 0. The van der Waals surface area contributed by atoms with Gasteiger partial charge in [0, 0.05) is 37.7 Å². The van der Waals surface area contributed by atoms with E-state index >= 15 is 0 Å². The van der Waals surface area contributed by atoms with Crippen LogP contribution in [0.5, 0.6) is 0 Å². The van der Waals surface area contributed by atoms with Crippen molar-refractivity contribution >= 4 is 5.69 Å². The second-order valence-electron chi connectivity index (χ2n) is 4.79. The smallest absolute Gasteiger partial charge is 0.0441 e. The predicted octanol–water partition coefficient (Wildman–Crippen LogP) is 3.13. The molecule has 0 spiro atoms. The summed E-state index contributed by atoms with van der Waals surface area (Å²) in [6, 6.07) is 12.5. The van der Waals surface area contributed by atoms with E-state index in [0.717, 1.165) is 13.0 Å². The Labute approximate surface area is 115 Å². The van der Waals surface area contributed by atoms with Crippen molar-refractivity contribution in [2.24, 2.45) is 5.73 Å². The van der Waals surface area contributed by atoms with E-state index in [1.807, 2.05) is 18.3 Å². The molecule has 0 radical (unpaired) electrons. The van der Waals surface area contributed by atoms with Crippen molar-refractivity contribution in [3.8, 4) is 0 Å². The third kappa shape index (κ3) is 3.32. The Kier molecular flexibility index (Phi) is 4.53. The summed E-state index contributed by atoms with van der Waals surface area (Å²) in [5, 5.41) is 0. The first-order valence-corrected chi connectivity index (χ1v) is 6.67. The quantitative estimate of drug-likeness (QED) is 0.892. The molecule has 0 aliphatic rings. The topological polar surface area (TPSA) is 42.1 Å². The van der Waals surface area contributed by atoms with Gasteiger partial charge in [0.2, 0.25) is 0 Å². The van der Waals surface area contributed by atoms with Crippen molar-refractivity contribution in [3.05, 3.63) is 59.9 Å². The second kappa shape index (κ2) is 6.34. The molecule has 0 bridgehead atoms. The van der Waals surface area contributed by atoms with Gasteiger partial charge in [-0.05, 0) is 29.7 Å². The number of hydrogen-bond acceptors (Lipinski definition) is 3. The van der Waals surface area contributed by atoms with E-state index in [1.54, 1.807) is 6.20 Å². The van der Waals surface area contributed by atoms with E-state index in [1.165, 1.54) is 16.8 Å². The highest BCUT2D eigenvalue weighted by molar-refractivity contribution is 5.54. The van der Waals surface area contributed by atoms with Crippen LogP contribution in [0.1, 0.15) is 30.5 Å². The van der Waals surface area contributed by atoms with Crippen LogP contribution in [0, 0.1) is 0 Å². The standard InChI is InChI=1S/C16H21N3/c1-3-15(17)14-8-4-5-9-16(14)19(2)12-13-7-6-10-18-11-13/h4-11,15H,3,12,17H2,1-2H3/t15-/m1/s1. The molecule has 2 N–H and O–H groups in total. The molecular formula is C16H21N3. The van der Waals surface area contributed by atoms with Crippen LogP contribution in [0.25, 0.3) is 0 Å². The Hall–Kier alpha value is -1.87. The molecule has 2 aromatic rings. The lowest BCUT2D eigenvalue weighted by atomic mass is 10.0. The molecule has 1 aromatic carbocycles. The fourth-order valence-electron chi connectivity index (χ4n) is 2.22. The average molecular weight is 255 g/mol. The number of nitrogens with two attached hydrogens (primary N) is 1. The number of rotatable bonds is 5. The summed E-state index contributed by atoms with van der Waals surface area (Å²) < 4.78 is 0. The van der Waals surface area contributed by atoms with Crippen LogP contribution < -0.4 is 10.6 Å². The summed E-state index contributed by atoms with van der Waals surface area (Å²) in [4.78, 5) is 6.38. The molecule has 3 nitrogen and oxygen atoms in total. The Morgan fingerprint density at radius 3 is 2.68 bits per heavy atom. The number of hydrogen-bond donors (Lipinski definition) is 1. The Balaban J connectivity index is 2.21. The van der Waals surface area contributed by atoms with E-state index in [0.29, 0.717) is 0 Å². The molecular weight excluding hydrogens is 234 g/mol. The van der Waals surface area contributed by atoms with E-state index in [9.17, 15) is 0 Å². The summed E-state index contributed by atoms with van der Waals surface area (Å²) in [6.07, 6.45) is 4.64. The molecule has 3 heteroatoms. The zero-order valence-corrected chi connectivity index (χ0v) is 11.6. The first-order chi connectivity index (χ1) is 9.22. The maximum Gasteiger partial charge on any atom is 0.0441 e. The minimum absolute atomic E-state index is 0.0903. The third-order valence-electron chi connectivity index (χ3n) is 3.33. The molecule has 0 fully saturated rings. The highest BCUT2D eigenvalue weighted by Crippen LogP contribution is 2.26.